The van der Waals surface area contributed by atoms with Crippen LogP contribution in [0.15, 0.2) is 71.0 Å². The van der Waals surface area contributed by atoms with Gasteiger partial charge in [-0.05, 0) is 51.0 Å². The molecule has 0 unspecified atom stereocenters. The van der Waals surface area contributed by atoms with Crippen molar-refractivity contribution in [3.8, 4) is 5.69 Å². The quantitative estimate of drug-likeness (QED) is 0.466. The molecule has 0 bridgehead atoms. The lowest BCUT2D eigenvalue weighted by atomic mass is 9.82. The van der Waals surface area contributed by atoms with Gasteiger partial charge in [0.15, 0.2) is 0 Å². The molecule has 35 heavy (non-hydrogen) atoms. The number of carbonyl (C=O) groups is 3. The number of para-hydroxylation sites is 2. The Balaban J connectivity index is 1.49. The van der Waals surface area contributed by atoms with Crippen molar-refractivity contribution in [2.45, 2.75) is 26.7 Å². The van der Waals surface area contributed by atoms with Crippen molar-refractivity contribution in [1.82, 2.24) is 9.36 Å². The van der Waals surface area contributed by atoms with Crippen LogP contribution in [-0.2, 0) is 16.6 Å². The summed E-state index contributed by atoms with van der Waals surface area (Å²) in [4.78, 5) is 54.2. The number of hydrogen-bond donors (Lipinski definition) is 1. The van der Waals surface area contributed by atoms with E-state index in [9.17, 15) is 19.2 Å². The first kappa shape index (κ1) is 22.6. The van der Waals surface area contributed by atoms with E-state index in [4.69, 9.17) is 0 Å². The topological polar surface area (TPSA) is 93.4 Å². The van der Waals surface area contributed by atoms with Gasteiger partial charge in [0, 0.05) is 7.05 Å². The number of rotatable bonds is 4. The maximum atomic E-state index is 13.4. The van der Waals surface area contributed by atoms with Crippen molar-refractivity contribution >= 4 is 29.1 Å². The highest BCUT2D eigenvalue weighted by Crippen LogP contribution is 2.40. The van der Waals surface area contributed by atoms with Crippen LogP contribution in [0.1, 0.15) is 35.8 Å². The Morgan fingerprint density at radius 3 is 2.31 bits per heavy atom. The van der Waals surface area contributed by atoms with E-state index < -0.39 is 17.7 Å². The highest BCUT2D eigenvalue weighted by molar-refractivity contribution is 6.25. The van der Waals surface area contributed by atoms with E-state index in [0.29, 0.717) is 24.2 Å². The number of benzene rings is 2. The minimum Gasteiger partial charge on any atom is -0.316 e. The van der Waals surface area contributed by atoms with Gasteiger partial charge in [-0.25, -0.2) is 9.58 Å². The molecule has 1 aromatic heterocycles. The van der Waals surface area contributed by atoms with Gasteiger partial charge in [-0.2, -0.15) is 0 Å². The molecular weight excluding hydrogens is 444 g/mol. The van der Waals surface area contributed by atoms with E-state index in [1.54, 1.807) is 42.9 Å². The average Bonchev–Trinajstić information content (AvgIpc) is 3.23. The third-order valence-electron chi connectivity index (χ3n) is 7.01. The fourth-order valence-electron chi connectivity index (χ4n) is 5.03. The standard InChI is InChI=1S/C27H26N4O4/c1-16-13-14-19-21(15-16)26(34)30(25(19)33)22-12-8-7-11-20(22)24(32)28-23-17(2)29(3)31(27(23)35)18-9-5-4-6-10-18/h4-13,19,21H,14-15H2,1-3H3,(H,28,32)/t19-,21+/m0/s1. The number of aromatic nitrogens is 2. The molecule has 1 N–H and O–H groups in total. The Hall–Kier alpha value is -4.20. The van der Waals surface area contributed by atoms with Crippen LogP contribution < -0.4 is 15.8 Å². The number of allylic oxidation sites excluding steroid dienone is 2. The summed E-state index contributed by atoms with van der Waals surface area (Å²) >= 11 is 0. The van der Waals surface area contributed by atoms with Crippen molar-refractivity contribution in [3.63, 3.8) is 0 Å². The maximum Gasteiger partial charge on any atom is 0.295 e. The van der Waals surface area contributed by atoms with Crippen LogP contribution in [0.2, 0.25) is 0 Å². The Morgan fingerprint density at radius 1 is 0.914 bits per heavy atom. The molecule has 3 amide bonds. The lowest BCUT2D eigenvalue weighted by molar-refractivity contribution is -0.122. The minimum atomic E-state index is -0.559. The normalized spacial score (nSPS) is 19.5. The van der Waals surface area contributed by atoms with Crippen LogP contribution in [0.4, 0.5) is 11.4 Å². The summed E-state index contributed by atoms with van der Waals surface area (Å²) in [5.74, 6) is -1.94. The number of hydrogen-bond acceptors (Lipinski definition) is 4. The second-order valence-corrected chi connectivity index (χ2v) is 9.12. The number of carbonyl (C=O) groups excluding carboxylic acids is 3. The van der Waals surface area contributed by atoms with Crippen molar-refractivity contribution in [2.24, 2.45) is 18.9 Å². The zero-order valence-corrected chi connectivity index (χ0v) is 19.8. The Kier molecular flexibility index (Phi) is 5.51. The predicted molar refractivity (Wildman–Crippen MR) is 133 cm³/mol. The van der Waals surface area contributed by atoms with Crippen LogP contribution in [0.25, 0.3) is 5.69 Å². The van der Waals surface area contributed by atoms with Gasteiger partial charge in [0.2, 0.25) is 11.8 Å². The third-order valence-corrected chi connectivity index (χ3v) is 7.01. The summed E-state index contributed by atoms with van der Waals surface area (Å²) in [6.45, 7) is 3.71. The third kappa shape index (κ3) is 3.62. The Bertz CT molecular complexity index is 1450. The summed E-state index contributed by atoms with van der Waals surface area (Å²) < 4.78 is 3.15. The molecule has 1 aliphatic carbocycles. The van der Waals surface area contributed by atoms with Crippen molar-refractivity contribution in [2.75, 3.05) is 10.2 Å². The summed E-state index contributed by atoms with van der Waals surface area (Å²) in [6.07, 6.45) is 3.07. The van der Waals surface area contributed by atoms with Gasteiger partial charge in [0.25, 0.3) is 11.5 Å². The largest absolute Gasteiger partial charge is 0.316 e. The Labute approximate surface area is 202 Å². The summed E-state index contributed by atoms with van der Waals surface area (Å²) in [5.41, 5.74) is 2.51. The molecule has 2 heterocycles. The highest BCUT2D eigenvalue weighted by Gasteiger charge is 2.49. The number of nitrogens with zero attached hydrogens (tertiary/aromatic N) is 3. The number of imide groups is 1. The molecule has 178 valence electrons. The van der Waals surface area contributed by atoms with Crippen molar-refractivity contribution in [1.29, 1.82) is 0 Å². The monoisotopic (exact) mass is 470 g/mol. The minimum absolute atomic E-state index is 0.142. The van der Waals surface area contributed by atoms with Crippen LogP contribution in [-0.4, -0.2) is 27.1 Å². The van der Waals surface area contributed by atoms with Gasteiger partial charge < -0.3 is 5.32 Å². The number of anilines is 2. The molecule has 5 rings (SSSR count). The van der Waals surface area contributed by atoms with E-state index in [0.717, 1.165) is 10.5 Å². The molecule has 1 fully saturated rings. The van der Waals surface area contributed by atoms with Gasteiger partial charge in [0.05, 0.1) is 34.5 Å². The molecule has 0 spiro atoms. The lowest BCUT2D eigenvalue weighted by Crippen LogP contribution is -2.33. The maximum absolute atomic E-state index is 13.4. The molecule has 1 aliphatic heterocycles. The number of nitrogens with one attached hydrogen (secondary N) is 1. The SMILES string of the molecule is CC1=CC[C@@H]2C(=O)N(c3ccccc3C(=O)Nc3c(C)n(C)n(-c4ccccc4)c3=O)C(=O)[C@@H]2C1. The number of amides is 3. The van der Waals surface area contributed by atoms with Crippen molar-refractivity contribution < 1.29 is 14.4 Å². The number of fused-ring (bicyclic) bond motifs is 1. The Morgan fingerprint density at radius 2 is 1.57 bits per heavy atom. The molecule has 2 aromatic carbocycles. The zero-order valence-electron chi connectivity index (χ0n) is 19.8. The van der Waals surface area contributed by atoms with Gasteiger partial charge >= 0.3 is 0 Å². The second kappa shape index (κ2) is 8.54. The van der Waals surface area contributed by atoms with E-state index >= 15 is 0 Å². The van der Waals surface area contributed by atoms with Crippen LogP contribution in [0.5, 0.6) is 0 Å². The molecule has 8 heteroatoms. The van der Waals surface area contributed by atoms with Gasteiger partial charge in [-0.1, -0.05) is 42.0 Å². The highest BCUT2D eigenvalue weighted by atomic mass is 16.2. The fraction of sp³-hybridized carbons (Fsp3) is 0.259. The summed E-state index contributed by atoms with van der Waals surface area (Å²) in [6, 6.07) is 15.7. The van der Waals surface area contributed by atoms with Gasteiger partial charge in [-0.3, -0.25) is 23.9 Å². The molecule has 8 nitrogen and oxygen atoms in total. The average molecular weight is 471 g/mol. The molecule has 3 aromatic rings. The molecule has 2 atom stereocenters. The van der Waals surface area contributed by atoms with Crippen LogP contribution in [0.3, 0.4) is 0 Å². The van der Waals surface area contributed by atoms with Crippen LogP contribution in [0, 0.1) is 18.8 Å². The fourth-order valence-corrected chi connectivity index (χ4v) is 5.03. The van der Waals surface area contributed by atoms with E-state index in [-0.39, 0.29) is 34.3 Å². The second-order valence-electron chi connectivity index (χ2n) is 9.12. The van der Waals surface area contributed by atoms with Crippen molar-refractivity contribution in [3.05, 3.63) is 87.9 Å². The van der Waals surface area contributed by atoms with E-state index in [2.05, 4.69) is 5.32 Å². The van der Waals surface area contributed by atoms with Gasteiger partial charge in [0.1, 0.15) is 5.69 Å². The first-order valence-corrected chi connectivity index (χ1v) is 11.6. The first-order valence-electron chi connectivity index (χ1n) is 11.6. The molecular formula is C27H26N4O4. The molecule has 2 aliphatic rings. The van der Waals surface area contributed by atoms with E-state index in [1.807, 2.05) is 43.3 Å². The van der Waals surface area contributed by atoms with Gasteiger partial charge in [-0.15, -0.1) is 0 Å². The predicted octanol–water partition coefficient (Wildman–Crippen LogP) is 3.58. The molecule has 1 saturated heterocycles. The lowest BCUT2D eigenvalue weighted by Gasteiger charge is -2.19. The summed E-state index contributed by atoms with van der Waals surface area (Å²) in [7, 11) is 1.74. The van der Waals surface area contributed by atoms with Crippen LogP contribution >= 0.6 is 0 Å². The molecule has 0 saturated carbocycles. The first-order chi connectivity index (χ1) is 16.8. The zero-order chi connectivity index (χ0) is 24.9. The molecule has 0 radical (unpaired) electrons. The summed E-state index contributed by atoms with van der Waals surface area (Å²) in [5, 5.41) is 2.74. The smallest absolute Gasteiger partial charge is 0.295 e. The van der Waals surface area contributed by atoms with E-state index in [1.165, 1.54) is 4.68 Å².